The van der Waals surface area contributed by atoms with E-state index in [1.165, 1.54) is 11.3 Å². The average Bonchev–Trinajstić information content (AvgIpc) is 2.81. The number of piperazine rings is 1. The van der Waals surface area contributed by atoms with Crippen molar-refractivity contribution in [1.82, 2.24) is 19.9 Å². The second-order valence-electron chi connectivity index (χ2n) is 7.99. The molecule has 2 aliphatic rings. The first kappa shape index (κ1) is 19.2. The van der Waals surface area contributed by atoms with Crippen LogP contribution in [0.3, 0.4) is 0 Å². The van der Waals surface area contributed by atoms with Crippen LogP contribution in [0.15, 0.2) is 48.7 Å². The Balaban J connectivity index is 1.45. The third-order valence-electron chi connectivity index (χ3n) is 5.91. The van der Waals surface area contributed by atoms with Crippen molar-refractivity contribution in [3.05, 3.63) is 48.7 Å². The van der Waals surface area contributed by atoms with Gasteiger partial charge in [-0.2, -0.15) is 0 Å². The molecule has 0 amide bonds. The van der Waals surface area contributed by atoms with E-state index in [-0.39, 0.29) is 0 Å². The van der Waals surface area contributed by atoms with Crippen LogP contribution in [0.2, 0.25) is 0 Å². The maximum atomic E-state index is 5.50. The molecule has 1 N–H and O–H groups in total. The lowest BCUT2D eigenvalue weighted by atomic mass is 10.0. The van der Waals surface area contributed by atoms with E-state index in [1.807, 2.05) is 6.20 Å². The number of anilines is 2. The van der Waals surface area contributed by atoms with Crippen LogP contribution in [0.1, 0.15) is 0 Å². The van der Waals surface area contributed by atoms with E-state index >= 15 is 0 Å². The monoisotopic (exact) mass is 404 g/mol. The van der Waals surface area contributed by atoms with E-state index in [0.29, 0.717) is 5.95 Å². The average molecular weight is 405 g/mol. The summed E-state index contributed by atoms with van der Waals surface area (Å²) in [5.74, 6) is 0.656. The minimum atomic E-state index is 0.656. The summed E-state index contributed by atoms with van der Waals surface area (Å²) in [6.45, 7) is 7.43. The first-order valence-corrected chi connectivity index (χ1v) is 10.7. The summed E-state index contributed by atoms with van der Waals surface area (Å²) in [5, 5.41) is 3.25. The summed E-state index contributed by atoms with van der Waals surface area (Å²) in [6, 6.07) is 15.0. The summed E-state index contributed by atoms with van der Waals surface area (Å²) in [6.07, 6.45) is 1.91. The molecule has 0 atom stereocenters. The van der Waals surface area contributed by atoms with Gasteiger partial charge >= 0.3 is 0 Å². The van der Waals surface area contributed by atoms with Crippen molar-refractivity contribution < 1.29 is 4.74 Å². The lowest BCUT2D eigenvalue weighted by Crippen LogP contribution is -2.47. The van der Waals surface area contributed by atoms with Gasteiger partial charge in [0.25, 0.3) is 0 Å². The van der Waals surface area contributed by atoms with Gasteiger partial charge in [-0.25, -0.2) is 15.0 Å². The number of hydrogen-bond acceptors (Lipinski definition) is 7. The zero-order chi connectivity index (χ0) is 20.3. The normalized spacial score (nSPS) is 18.6. The van der Waals surface area contributed by atoms with Crippen molar-refractivity contribution in [2.75, 3.05) is 69.9 Å². The minimum absolute atomic E-state index is 0.656. The molecule has 5 rings (SSSR count). The van der Waals surface area contributed by atoms with Crippen molar-refractivity contribution >= 4 is 22.5 Å². The Hall–Kier alpha value is -2.74. The van der Waals surface area contributed by atoms with Gasteiger partial charge in [-0.05, 0) is 24.7 Å². The number of nitrogens with zero attached hydrogens (tertiary/aromatic N) is 5. The predicted octanol–water partition coefficient (Wildman–Crippen LogP) is 2.71. The fourth-order valence-corrected chi connectivity index (χ4v) is 4.09. The van der Waals surface area contributed by atoms with Crippen molar-refractivity contribution in [2.45, 2.75) is 0 Å². The van der Waals surface area contributed by atoms with Crippen LogP contribution in [-0.2, 0) is 4.74 Å². The van der Waals surface area contributed by atoms with Gasteiger partial charge < -0.3 is 14.5 Å². The Morgan fingerprint density at radius 1 is 0.933 bits per heavy atom. The highest BCUT2D eigenvalue weighted by molar-refractivity contribution is 5.94. The minimum Gasteiger partial charge on any atom is -0.378 e. The molecule has 2 fully saturated rings. The Bertz CT molecular complexity index is 1010. The SMILES string of the molecule is CN1CCN(Nc2ncc3cccc(-c4cccc(N5CCOCC5)c4)c3n2)CC1. The van der Waals surface area contributed by atoms with Gasteiger partial charge in [-0.3, -0.25) is 5.43 Å². The molecule has 0 bridgehead atoms. The molecule has 2 saturated heterocycles. The van der Waals surface area contributed by atoms with Gasteiger partial charge in [0.05, 0.1) is 18.7 Å². The number of hydrogen-bond donors (Lipinski definition) is 1. The number of ether oxygens (including phenoxy) is 1. The topological polar surface area (TPSA) is 56.8 Å². The second kappa shape index (κ2) is 8.55. The van der Waals surface area contributed by atoms with Gasteiger partial charge in [-0.15, -0.1) is 0 Å². The van der Waals surface area contributed by atoms with Crippen LogP contribution in [0.25, 0.3) is 22.0 Å². The molecule has 7 nitrogen and oxygen atoms in total. The van der Waals surface area contributed by atoms with E-state index in [4.69, 9.17) is 9.72 Å². The molecule has 0 aliphatic carbocycles. The molecule has 0 unspecified atom stereocenters. The number of nitrogens with one attached hydrogen (secondary N) is 1. The number of para-hydroxylation sites is 1. The third kappa shape index (κ3) is 4.09. The van der Waals surface area contributed by atoms with Gasteiger partial charge in [0.1, 0.15) is 0 Å². The number of benzene rings is 2. The summed E-state index contributed by atoms with van der Waals surface area (Å²) >= 11 is 0. The predicted molar refractivity (Wildman–Crippen MR) is 121 cm³/mol. The molecular weight excluding hydrogens is 376 g/mol. The van der Waals surface area contributed by atoms with E-state index < -0.39 is 0 Å². The molecule has 0 radical (unpaired) electrons. The molecule has 2 aromatic carbocycles. The molecule has 1 aromatic heterocycles. The molecule has 3 heterocycles. The summed E-state index contributed by atoms with van der Waals surface area (Å²) in [5.41, 5.74) is 7.91. The lowest BCUT2D eigenvalue weighted by molar-refractivity contribution is 0.122. The van der Waals surface area contributed by atoms with Crippen LogP contribution in [0.4, 0.5) is 11.6 Å². The largest absolute Gasteiger partial charge is 0.378 e. The van der Waals surface area contributed by atoms with Gasteiger partial charge in [0.15, 0.2) is 0 Å². The number of hydrazine groups is 1. The van der Waals surface area contributed by atoms with Gasteiger partial charge in [-0.1, -0.05) is 30.3 Å². The van der Waals surface area contributed by atoms with Crippen LogP contribution < -0.4 is 10.3 Å². The summed E-state index contributed by atoms with van der Waals surface area (Å²) in [4.78, 5) is 14.2. The van der Waals surface area contributed by atoms with Crippen molar-refractivity contribution in [3.63, 3.8) is 0 Å². The first-order valence-electron chi connectivity index (χ1n) is 10.7. The summed E-state index contributed by atoms with van der Waals surface area (Å²) < 4.78 is 5.50. The number of fused-ring (bicyclic) bond motifs is 1. The zero-order valence-corrected chi connectivity index (χ0v) is 17.4. The molecule has 0 spiro atoms. The zero-order valence-electron chi connectivity index (χ0n) is 17.4. The fraction of sp³-hybridized carbons (Fsp3) is 0.391. The maximum absolute atomic E-state index is 5.50. The number of aromatic nitrogens is 2. The Kier molecular flexibility index (Phi) is 5.48. The number of rotatable bonds is 4. The highest BCUT2D eigenvalue weighted by atomic mass is 16.5. The molecular formula is C23H28N6O. The highest BCUT2D eigenvalue weighted by Crippen LogP contribution is 2.30. The van der Waals surface area contributed by atoms with E-state index in [2.05, 4.69) is 74.7 Å². The van der Waals surface area contributed by atoms with Crippen LogP contribution >= 0.6 is 0 Å². The van der Waals surface area contributed by atoms with Crippen molar-refractivity contribution in [3.8, 4) is 11.1 Å². The Morgan fingerprint density at radius 3 is 2.57 bits per heavy atom. The van der Waals surface area contributed by atoms with Crippen LogP contribution in [0, 0.1) is 0 Å². The van der Waals surface area contributed by atoms with E-state index in [0.717, 1.165) is 68.9 Å². The first-order chi connectivity index (χ1) is 14.8. The maximum Gasteiger partial charge on any atom is 0.238 e. The third-order valence-corrected chi connectivity index (χ3v) is 5.91. The van der Waals surface area contributed by atoms with Gasteiger partial charge in [0, 0.05) is 62.1 Å². The molecule has 30 heavy (non-hydrogen) atoms. The van der Waals surface area contributed by atoms with Crippen LogP contribution in [-0.4, -0.2) is 79.4 Å². The van der Waals surface area contributed by atoms with Crippen molar-refractivity contribution in [2.24, 2.45) is 0 Å². The van der Waals surface area contributed by atoms with E-state index in [1.54, 1.807) is 0 Å². The van der Waals surface area contributed by atoms with Crippen LogP contribution in [0.5, 0.6) is 0 Å². The molecule has 0 saturated carbocycles. The molecule has 3 aromatic rings. The van der Waals surface area contributed by atoms with Gasteiger partial charge in [0.2, 0.25) is 5.95 Å². The standard InChI is InChI=1S/C23H28N6O/c1-27-8-10-29(11-9-27)26-23-24-17-19-5-3-7-21(22(19)25-23)18-4-2-6-20(16-18)28-12-14-30-15-13-28/h2-7,16-17H,8-15H2,1H3,(H,24,25,26). The quantitative estimate of drug-likeness (QED) is 0.717. The Labute approximate surface area is 177 Å². The second-order valence-corrected chi connectivity index (χ2v) is 7.99. The molecule has 2 aliphatic heterocycles. The Morgan fingerprint density at radius 2 is 1.73 bits per heavy atom. The number of likely N-dealkylation sites (N-methyl/N-ethyl adjacent to an activating group) is 1. The molecule has 156 valence electrons. The lowest BCUT2D eigenvalue weighted by Gasteiger charge is -2.32. The smallest absolute Gasteiger partial charge is 0.238 e. The fourth-order valence-electron chi connectivity index (χ4n) is 4.09. The highest BCUT2D eigenvalue weighted by Gasteiger charge is 2.16. The van der Waals surface area contributed by atoms with E-state index in [9.17, 15) is 0 Å². The van der Waals surface area contributed by atoms with Crippen molar-refractivity contribution in [1.29, 1.82) is 0 Å². The summed E-state index contributed by atoms with van der Waals surface area (Å²) in [7, 11) is 2.15. The molecule has 7 heteroatoms. The number of morpholine rings is 1.